The maximum Gasteiger partial charge on any atom is 0.240 e. The number of sulfone groups is 1. The van der Waals surface area contributed by atoms with Crippen LogP contribution in [0, 0.1) is 0 Å². The summed E-state index contributed by atoms with van der Waals surface area (Å²) in [5.41, 5.74) is 1.05. The number of likely N-dealkylation sites (N-methyl/N-ethyl adjacent to an activating group) is 2. The van der Waals surface area contributed by atoms with Crippen LogP contribution in [0.5, 0.6) is 5.75 Å². The lowest BCUT2D eigenvalue weighted by Gasteiger charge is -2.37. The van der Waals surface area contributed by atoms with Crippen LogP contribution in [-0.4, -0.2) is 63.5 Å². The molecule has 7 heteroatoms. The maximum absolute atomic E-state index is 12.2. The van der Waals surface area contributed by atoms with Crippen LogP contribution in [-0.2, 0) is 14.6 Å². The van der Waals surface area contributed by atoms with Crippen molar-refractivity contribution in [3.05, 3.63) is 24.3 Å². The van der Waals surface area contributed by atoms with Gasteiger partial charge in [0.05, 0.1) is 18.8 Å². The third-order valence-electron chi connectivity index (χ3n) is 4.15. The van der Waals surface area contributed by atoms with Gasteiger partial charge in [-0.15, -0.1) is 0 Å². The zero-order valence-corrected chi connectivity index (χ0v) is 14.8. The topological polar surface area (TPSA) is 66.9 Å². The number of hydrogen-bond donors (Lipinski definition) is 0. The predicted octanol–water partition coefficient (Wildman–Crippen LogP) is 1.17. The van der Waals surface area contributed by atoms with Crippen LogP contribution in [0.15, 0.2) is 24.3 Å². The normalized spacial score (nSPS) is 18.8. The van der Waals surface area contributed by atoms with E-state index in [0.29, 0.717) is 13.1 Å². The van der Waals surface area contributed by atoms with E-state index >= 15 is 0 Å². The van der Waals surface area contributed by atoms with Crippen LogP contribution in [0.2, 0.25) is 0 Å². The Labute approximate surface area is 137 Å². The zero-order valence-electron chi connectivity index (χ0n) is 14.0. The SMILES string of the molecule is CCN1CC(CN(C)C(=O)C(C)S(C)(=O)=O)Oc2ccccc21. The summed E-state index contributed by atoms with van der Waals surface area (Å²) in [7, 11) is -1.78. The summed E-state index contributed by atoms with van der Waals surface area (Å²) >= 11 is 0. The minimum absolute atomic E-state index is 0.189. The summed E-state index contributed by atoms with van der Waals surface area (Å²) in [6.07, 6.45) is 0.890. The molecule has 0 saturated heterocycles. The van der Waals surface area contributed by atoms with E-state index in [9.17, 15) is 13.2 Å². The summed E-state index contributed by atoms with van der Waals surface area (Å²) in [6, 6.07) is 7.80. The van der Waals surface area contributed by atoms with Crippen LogP contribution in [0.3, 0.4) is 0 Å². The van der Waals surface area contributed by atoms with Crippen molar-refractivity contribution in [3.8, 4) is 5.75 Å². The van der Waals surface area contributed by atoms with Crippen molar-refractivity contribution in [2.75, 3.05) is 37.8 Å². The van der Waals surface area contributed by atoms with E-state index in [4.69, 9.17) is 4.74 Å². The number of fused-ring (bicyclic) bond motifs is 1. The molecule has 0 N–H and O–H groups in total. The third kappa shape index (κ3) is 3.96. The molecule has 1 aliphatic rings. The molecule has 6 nitrogen and oxygen atoms in total. The Morgan fingerprint density at radius 2 is 2.09 bits per heavy atom. The largest absolute Gasteiger partial charge is 0.485 e. The Morgan fingerprint density at radius 1 is 1.43 bits per heavy atom. The van der Waals surface area contributed by atoms with Crippen LogP contribution in [0.1, 0.15) is 13.8 Å². The molecule has 2 unspecified atom stereocenters. The number of carbonyl (C=O) groups is 1. The molecule has 1 heterocycles. The van der Waals surface area contributed by atoms with Crippen LogP contribution in [0.25, 0.3) is 0 Å². The van der Waals surface area contributed by atoms with Crippen molar-refractivity contribution in [1.29, 1.82) is 0 Å². The molecular weight excluding hydrogens is 316 g/mol. The number of anilines is 1. The van der Waals surface area contributed by atoms with Gasteiger partial charge in [-0.2, -0.15) is 0 Å². The summed E-state index contributed by atoms with van der Waals surface area (Å²) in [6.45, 7) is 5.35. The number of nitrogens with zero attached hydrogens (tertiary/aromatic N) is 2. The number of amides is 1. The number of rotatable bonds is 5. The lowest BCUT2D eigenvalue weighted by molar-refractivity contribution is -0.130. The van der Waals surface area contributed by atoms with Gasteiger partial charge in [0.25, 0.3) is 0 Å². The molecule has 0 bridgehead atoms. The van der Waals surface area contributed by atoms with Crippen molar-refractivity contribution in [3.63, 3.8) is 0 Å². The third-order valence-corrected chi connectivity index (χ3v) is 5.64. The average molecular weight is 340 g/mol. The van der Waals surface area contributed by atoms with Gasteiger partial charge in [0, 0.05) is 19.8 Å². The predicted molar refractivity (Wildman–Crippen MR) is 90.7 cm³/mol. The van der Waals surface area contributed by atoms with Crippen LogP contribution in [0.4, 0.5) is 5.69 Å². The Balaban J connectivity index is 2.08. The fourth-order valence-corrected chi connectivity index (χ4v) is 3.21. The zero-order chi connectivity index (χ0) is 17.2. The molecule has 1 aromatic carbocycles. The van der Waals surface area contributed by atoms with E-state index in [0.717, 1.165) is 24.2 Å². The van der Waals surface area contributed by atoms with Gasteiger partial charge in [-0.1, -0.05) is 12.1 Å². The highest BCUT2D eigenvalue weighted by Crippen LogP contribution is 2.32. The molecule has 0 fully saturated rings. The number of para-hydroxylation sites is 2. The molecule has 1 amide bonds. The molecule has 0 saturated carbocycles. The smallest absolute Gasteiger partial charge is 0.240 e. The Kier molecular flexibility index (Phi) is 5.19. The lowest BCUT2D eigenvalue weighted by atomic mass is 10.2. The monoisotopic (exact) mass is 340 g/mol. The summed E-state index contributed by atoms with van der Waals surface area (Å²) in [5, 5.41) is -1.04. The van der Waals surface area contributed by atoms with Gasteiger partial charge in [0.2, 0.25) is 5.91 Å². The van der Waals surface area contributed by atoms with E-state index in [1.807, 2.05) is 24.3 Å². The first-order chi connectivity index (χ1) is 10.7. The van der Waals surface area contributed by atoms with Gasteiger partial charge in [0.1, 0.15) is 17.1 Å². The van der Waals surface area contributed by atoms with Crippen molar-refractivity contribution in [2.24, 2.45) is 0 Å². The molecule has 2 atom stereocenters. The van der Waals surface area contributed by atoms with E-state index < -0.39 is 21.0 Å². The van der Waals surface area contributed by atoms with E-state index in [2.05, 4.69) is 11.8 Å². The second-order valence-corrected chi connectivity index (χ2v) is 8.30. The van der Waals surface area contributed by atoms with Gasteiger partial charge in [0.15, 0.2) is 9.84 Å². The highest BCUT2D eigenvalue weighted by molar-refractivity contribution is 7.92. The molecule has 23 heavy (non-hydrogen) atoms. The van der Waals surface area contributed by atoms with Crippen molar-refractivity contribution in [2.45, 2.75) is 25.2 Å². The molecule has 0 spiro atoms. The summed E-state index contributed by atoms with van der Waals surface area (Å²) in [4.78, 5) is 15.9. The second kappa shape index (κ2) is 6.78. The van der Waals surface area contributed by atoms with Gasteiger partial charge in [-0.3, -0.25) is 4.79 Å². The minimum atomic E-state index is -3.39. The van der Waals surface area contributed by atoms with Gasteiger partial charge in [-0.05, 0) is 26.0 Å². The highest BCUT2D eigenvalue weighted by Gasteiger charge is 2.30. The number of benzene rings is 1. The lowest BCUT2D eigenvalue weighted by Crippen LogP contribution is -2.49. The Hall–Kier alpha value is -1.76. The average Bonchev–Trinajstić information content (AvgIpc) is 2.51. The summed E-state index contributed by atoms with van der Waals surface area (Å²) in [5.74, 6) is 0.389. The minimum Gasteiger partial charge on any atom is -0.485 e. The van der Waals surface area contributed by atoms with E-state index in [1.54, 1.807) is 7.05 Å². The maximum atomic E-state index is 12.2. The van der Waals surface area contributed by atoms with E-state index in [1.165, 1.54) is 11.8 Å². The van der Waals surface area contributed by atoms with E-state index in [-0.39, 0.29) is 6.10 Å². The Bertz CT molecular complexity index is 674. The first kappa shape index (κ1) is 17.6. The molecule has 128 valence electrons. The standard InChI is InChI=1S/C16H24N2O4S/c1-5-18-11-13(22-15-9-7-6-8-14(15)18)10-17(3)16(19)12(2)23(4,20)21/h6-9,12-13H,5,10-11H2,1-4H3. The number of ether oxygens (including phenoxy) is 1. The second-order valence-electron chi connectivity index (χ2n) is 5.94. The number of carbonyl (C=O) groups excluding carboxylic acids is 1. The van der Waals surface area contributed by atoms with Crippen molar-refractivity contribution >= 4 is 21.4 Å². The molecule has 0 aromatic heterocycles. The van der Waals surface area contributed by atoms with Crippen molar-refractivity contribution < 1.29 is 17.9 Å². The summed E-state index contributed by atoms with van der Waals surface area (Å²) < 4.78 is 29.1. The quantitative estimate of drug-likeness (QED) is 0.805. The Morgan fingerprint density at radius 3 is 2.70 bits per heavy atom. The molecule has 1 aliphatic heterocycles. The van der Waals surface area contributed by atoms with Gasteiger partial charge in [-0.25, -0.2) is 8.42 Å². The molecular formula is C16H24N2O4S. The molecule has 0 radical (unpaired) electrons. The fraction of sp³-hybridized carbons (Fsp3) is 0.562. The first-order valence-electron chi connectivity index (χ1n) is 7.68. The van der Waals surface area contributed by atoms with Crippen molar-refractivity contribution in [1.82, 2.24) is 4.90 Å². The van der Waals surface area contributed by atoms with Gasteiger partial charge >= 0.3 is 0 Å². The van der Waals surface area contributed by atoms with Crippen LogP contribution >= 0.6 is 0 Å². The highest BCUT2D eigenvalue weighted by atomic mass is 32.2. The number of hydrogen-bond acceptors (Lipinski definition) is 5. The molecule has 2 rings (SSSR count). The molecule has 0 aliphatic carbocycles. The first-order valence-corrected chi connectivity index (χ1v) is 9.64. The van der Waals surface area contributed by atoms with Gasteiger partial charge < -0.3 is 14.5 Å². The van der Waals surface area contributed by atoms with Crippen LogP contribution < -0.4 is 9.64 Å². The molecule has 1 aromatic rings. The fourth-order valence-electron chi connectivity index (χ4n) is 2.66.